The lowest BCUT2D eigenvalue weighted by Crippen LogP contribution is -2.28. The fourth-order valence-electron chi connectivity index (χ4n) is 1.93. The molecule has 2 rings (SSSR count). The number of aliphatic hydroxyl groups excluding tert-OH is 1. The SMILES string of the molecule is O=C(NCCSCCCO)c1cc2ccccc2c(=O)[nH]1. The van der Waals surface area contributed by atoms with Crippen LogP contribution in [0.15, 0.2) is 35.1 Å². The van der Waals surface area contributed by atoms with Gasteiger partial charge in [0.15, 0.2) is 0 Å². The van der Waals surface area contributed by atoms with Crippen molar-refractivity contribution in [3.05, 3.63) is 46.4 Å². The minimum Gasteiger partial charge on any atom is -0.396 e. The molecule has 1 aromatic heterocycles. The van der Waals surface area contributed by atoms with Crippen molar-refractivity contribution in [3.8, 4) is 0 Å². The normalized spacial score (nSPS) is 10.7. The van der Waals surface area contributed by atoms with E-state index in [0.717, 1.165) is 23.3 Å². The first-order valence-electron chi connectivity index (χ1n) is 6.81. The second-order valence-corrected chi connectivity index (χ2v) is 5.77. The second-order valence-electron chi connectivity index (χ2n) is 4.54. The van der Waals surface area contributed by atoms with Crippen LogP contribution in [0.4, 0.5) is 0 Å². The Labute approximate surface area is 126 Å². The highest BCUT2D eigenvalue weighted by Gasteiger charge is 2.08. The third-order valence-electron chi connectivity index (χ3n) is 2.98. The Balaban J connectivity index is 1.95. The summed E-state index contributed by atoms with van der Waals surface area (Å²) in [6.07, 6.45) is 0.761. The Morgan fingerprint density at radius 1 is 1.29 bits per heavy atom. The third-order valence-corrected chi connectivity index (χ3v) is 4.05. The number of aromatic nitrogens is 1. The molecule has 6 heteroatoms. The third kappa shape index (κ3) is 4.34. The van der Waals surface area contributed by atoms with Gasteiger partial charge < -0.3 is 15.4 Å². The van der Waals surface area contributed by atoms with E-state index in [-0.39, 0.29) is 23.8 Å². The van der Waals surface area contributed by atoms with Crippen LogP contribution >= 0.6 is 11.8 Å². The Bertz CT molecular complexity index is 669. The Morgan fingerprint density at radius 2 is 2.10 bits per heavy atom. The maximum atomic E-state index is 12.0. The zero-order valence-electron chi connectivity index (χ0n) is 11.6. The van der Waals surface area contributed by atoms with E-state index in [1.807, 2.05) is 12.1 Å². The molecule has 1 aromatic carbocycles. The Morgan fingerprint density at radius 3 is 2.90 bits per heavy atom. The number of aromatic amines is 1. The summed E-state index contributed by atoms with van der Waals surface area (Å²) in [5, 5.41) is 12.8. The number of H-pyrrole nitrogens is 1. The molecule has 1 amide bonds. The molecule has 0 saturated heterocycles. The monoisotopic (exact) mass is 306 g/mol. The topological polar surface area (TPSA) is 82.2 Å². The average molecular weight is 306 g/mol. The molecule has 0 atom stereocenters. The number of amides is 1. The van der Waals surface area contributed by atoms with Crippen molar-refractivity contribution in [1.82, 2.24) is 10.3 Å². The Hall–Kier alpha value is -1.79. The van der Waals surface area contributed by atoms with E-state index in [4.69, 9.17) is 5.11 Å². The molecule has 0 aliphatic heterocycles. The quantitative estimate of drug-likeness (QED) is 0.675. The molecule has 0 aliphatic rings. The minimum atomic E-state index is -0.277. The largest absolute Gasteiger partial charge is 0.396 e. The highest BCUT2D eigenvalue weighted by molar-refractivity contribution is 7.99. The highest BCUT2D eigenvalue weighted by atomic mass is 32.2. The van der Waals surface area contributed by atoms with Crippen molar-refractivity contribution in [2.45, 2.75) is 6.42 Å². The van der Waals surface area contributed by atoms with Gasteiger partial charge in [0.2, 0.25) is 0 Å². The molecule has 0 saturated carbocycles. The number of carbonyl (C=O) groups is 1. The van der Waals surface area contributed by atoms with Gasteiger partial charge in [-0.1, -0.05) is 18.2 Å². The summed E-state index contributed by atoms with van der Waals surface area (Å²) in [6.45, 7) is 0.724. The zero-order valence-corrected chi connectivity index (χ0v) is 12.4. The van der Waals surface area contributed by atoms with Crippen LogP contribution in [0.5, 0.6) is 0 Å². The molecule has 0 aliphatic carbocycles. The van der Waals surface area contributed by atoms with E-state index in [9.17, 15) is 9.59 Å². The molecular formula is C15H18N2O3S. The molecule has 3 N–H and O–H groups in total. The number of nitrogens with one attached hydrogen (secondary N) is 2. The molecule has 0 unspecified atom stereocenters. The van der Waals surface area contributed by atoms with Crippen LogP contribution in [0.3, 0.4) is 0 Å². The number of rotatable bonds is 7. The molecule has 2 aromatic rings. The summed E-state index contributed by atoms with van der Waals surface area (Å²) in [4.78, 5) is 26.5. The van der Waals surface area contributed by atoms with E-state index >= 15 is 0 Å². The van der Waals surface area contributed by atoms with E-state index in [2.05, 4.69) is 10.3 Å². The Kier molecular flexibility index (Phi) is 5.83. The predicted molar refractivity (Wildman–Crippen MR) is 85.9 cm³/mol. The number of pyridine rings is 1. The van der Waals surface area contributed by atoms with Gasteiger partial charge in [0.25, 0.3) is 11.5 Å². The molecular weight excluding hydrogens is 288 g/mol. The summed E-state index contributed by atoms with van der Waals surface area (Å²) < 4.78 is 0. The number of aliphatic hydroxyl groups is 1. The molecule has 112 valence electrons. The number of thioether (sulfide) groups is 1. The number of hydrogen-bond acceptors (Lipinski definition) is 4. The van der Waals surface area contributed by atoms with Crippen LogP contribution < -0.4 is 10.9 Å². The van der Waals surface area contributed by atoms with Crippen LogP contribution in [0.2, 0.25) is 0 Å². The van der Waals surface area contributed by atoms with Crippen molar-refractivity contribution in [1.29, 1.82) is 0 Å². The summed E-state index contributed by atoms with van der Waals surface area (Å²) in [5.74, 6) is 1.38. The van der Waals surface area contributed by atoms with Crippen molar-refractivity contribution in [2.75, 3.05) is 24.7 Å². The molecule has 0 bridgehead atoms. The first-order chi connectivity index (χ1) is 10.2. The standard InChI is InChI=1S/C15H18N2O3S/c18-7-3-8-21-9-6-16-15(20)13-10-11-4-1-2-5-12(11)14(19)17-13/h1-2,4-5,10,18H,3,6-9H2,(H,16,20)(H,17,19). The summed E-state index contributed by atoms with van der Waals surface area (Å²) in [6, 6.07) is 8.85. The highest BCUT2D eigenvalue weighted by Crippen LogP contribution is 2.09. The van der Waals surface area contributed by atoms with E-state index < -0.39 is 0 Å². The molecule has 1 heterocycles. The summed E-state index contributed by atoms with van der Waals surface area (Å²) in [7, 11) is 0. The van der Waals surface area contributed by atoms with Crippen LogP contribution in [-0.4, -0.2) is 40.7 Å². The lowest BCUT2D eigenvalue weighted by atomic mass is 10.1. The van der Waals surface area contributed by atoms with Crippen molar-refractivity contribution in [2.24, 2.45) is 0 Å². The smallest absolute Gasteiger partial charge is 0.267 e. The van der Waals surface area contributed by atoms with Crippen molar-refractivity contribution >= 4 is 28.4 Å². The van der Waals surface area contributed by atoms with Gasteiger partial charge >= 0.3 is 0 Å². The minimum absolute atomic E-state index is 0.192. The van der Waals surface area contributed by atoms with E-state index in [1.165, 1.54) is 0 Å². The van der Waals surface area contributed by atoms with Crippen LogP contribution in [0, 0.1) is 0 Å². The fraction of sp³-hybridized carbons (Fsp3) is 0.333. The lowest BCUT2D eigenvalue weighted by Gasteiger charge is -2.06. The van der Waals surface area contributed by atoms with Crippen LogP contribution in [0.25, 0.3) is 10.8 Å². The predicted octanol–water partition coefficient (Wildman–Crippen LogP) is 1.37. The van der Waals surface area contributed by atoms with Crippen LogP contribution in [0.1, 0.15) is 16.9 Å². The molecule has 0 radical (unpaired) electrons. The van der Waals surface area contributed by atoms with Gasteiger partial charge in [0.1, 0.15) is 5.69 Å². The fourth-order valence-corrected chi connectivity index (χ4v) is 2.72. The maximum absolute atomic E-state index is 12.0. The van der Waals surface area contributed by atoms with Crippen molar-refractivity contribution < 1.29 is 9.90 Å². The lowest BCUT2D eigenvalue weighted by molar-refractivity contribution is 0.0951. The van der Waals surface area contributed by atoms with Gasteiger partial charge in [-0.05, 0) is 29.7 Å². The van der Waals surface area contributed by atoms with E-state index in [0.29, 0.717) is 11.9 Å². The molecule has 0 spiro atoms. The number of fused-ring (bicyclic) bond motifs is 1. The molecule has 0 fully saturated rings. The average Bonchev–Trinajstić information content (AvgIpc) is 2.50. The zero-order chi connectivity index (χ0) is 15.1. The summed E-state index contributed by atoms with van der Waals surface area (Å²) in [5.41, 5.74) is 0.0228. The van der Waals surface area contributed by atoms with Crippen LogP contribution in [-0.2, 0) is 0 Å². The first kappa shape index (κ1) is 15.6. The molecule has 5 nitrogen and oxygen atoms in total. The first-order valence-corrected chi connectivity index (χ1v) is 7.96. The number of carbonyl (C=O) groups excluding carboxylic acids is 1. The van der Waals surface area contributed by atoms with Crippen molar-refractivity contribution in [3.63, 3.8) is 0 Å². The van der Waals surface area contributed by atoms with Gasteiger partial charge in [0, 0.05) is 24.3 Å². The van der Waals surface area contributed by atoms with E-state index in [1.54, 1.807) is 30.0 Å². The number of benzene rings is 1. The van der Waals surface area contributed by atoms with Gasteiger partial charge in [-0.15, -0.1) is 0 Å². The maximum Gasteiger partial charge on any atom is 0.267 e. The molecule has 21 heavy (non-hydrogen) atoms. The van der Waals surface area contributed by atoms with Gasteiger partial charge in [-0.3, -0.25) is 9.59 Å². The summed E-state index contributed by atoms with van der Waals surface area (Å²) >= 11 is 1.67. The second kappa shape index (κ2) is 7.85. The van der Waals surface area contributed by atoms with Gasteiger partial charge in [0.05, 0.1) is 0 Å². The number of hydrogen-bond donors (Lipinski definition) is 3. The van der Waals surface area contributed by atoms with Gasteiger partial charge in [-0.25, -0.2) is 0 Å². The van der Waals surface area contributed by atoms with Gasteiger partial charge in [-0.2, -0.15) is 11.8 Å².